The van der Waals surface area contributed by atoms with Crippen LogP contribution in [0.25, 0.3) is 12.8 Å². The molecule has 0 aromatic carbocycles. The first-order chi connectivity index (χ1) is 13.6. The first kappa shape index (κ1) is 22.1. The highest BCUT2D eigenvalue weighted by atomic mass is 32.2. The zero-order valence-corrected chi connectivity index (χ0v) is 17.6. The number of carbonyl (C=O) groups excluding carboxylic acids is 1. The van der Waals surface area contributed by atoms with Crippen molar-refractivity contribution in [2.24, 2.45) is 0 Å². The van der Waals surface area contributed by atoms with E-state index in [-0.39, 0.29) is 5.69 Å². The van der Waals surface area contributed by atoms with Gasteiger partial charge in [0.2, 0.25) is 0 Å². The maximum atomic E-state index is 12.0. The van der Waals surface area contributed by atoms with Gasteiger partial charge in [-0.05, 0) is 30.4 Å². The third-order valence-corrected chi connectivity index (χ3v) is 5.51. The predicted octanol–water partition coefficient (Wildman–Crippen LogP) is -0.00283. The molecule has 1 atom stereocenters. The number of nitrogens with one attached hydrogen (secondary N) is 2. The van der Waals surface area contributed by atoms with Crippen LogP contribution in [0.4, 0.5) is 0 Å². The standard InChI is InChI=1S/C20H24N4O4S/c1-13-14(6-9-18(23-13)19(20(25)28-4)29(5,26)27)12-24(3)16-7-8-17(21)15(10-16)11-22-2/h6-12,19,21-22H,1H2,2-5H3/b14-12-,15-11-,21-17?. The monoisotopic (exact) mass is 416 g/mol. The Kier molecular flexibility index (Phi) is 6.76. The minimum Gasteiger partial charge on any atom is -0.468 e. The molecule has 0 spiro atoms. The molecule has 1 aromatic rings. The van der Waals surface area contributed by atoms with Crippen molar-refractivity contribution >= 4 is 34.3 Å². The van der Waals surface area contributed by atoms with Gasteiger partial charge in [0.1, 0.15) is 0 Å². The van der Waals surface area contributed by atoms with Crippen LogP contribution in [0.5, 0.6) is 0 Å². The van der Waals surface area contributed by atoms with Gasteiger partial charge >= 0.3 is 5.97 Å². The third-order valence-electron chi connectivity index (χ3n) is 4.22. The molecule has 154 valence electrons. The number of allylic oxidation sites excluding steroid dienone is 4. The number of esters is 1. The average Bonchev–Trinajstić information content (AvgIpc) is 2.64. The van der Waals surface area contributed by atoms with E-state index < -0.39 is 21.1 Å². The second-order valence-electron chi connectivity index (χ2n) is 6.45. The van der Waals surface area contributed by atoms with Crippen LogP contribution in [-0.2, 0) is 19.4 Å². The fraction of sp³-hybridized carbons (Fsp3) is 0.250. The highest BCUT2D eigenvalue weighted by molar-refractivity contribution is 7.91. The van der Waals surface area contributed by atoms with Crippen LogP contribution in [-0.4, -0.2) is 57.4 Å². The van der Waals surface area contributed by atoms with E-state index in [1.54, 1.807) is 31.6 Å². The number of carbonyl (C=O) groups is 1. The van der Waals surface area contributed by atoms with Crippen molar-refractivity contribution in [1.82, 2.24) is 15.2 Å². The molecule has 0 fully saturated rings. The fourth-order valence-corrected chi connectivity index (χ4v) is 3.76. The van der Waals surface area contributed by atoms with Crippen LogP contribution in [0.2, 0.25) is 0 Å². The molecule has 1 aliphatic rings. The number of aromatic nitrogens is 1. The van der Waals surface area contributed by atoms with Gasteiger partial charge in [0.15, 0.2) is 15.1 Å². The summed E-state index contributed by atoms with van der Waals surface area (Å²) >= 11 is 0. The van der Waals surface area contributed by atoms with Gasteiger partial charge < -0.3 is 20.4 Å². The second-order valence-corrected chi connectivity index (χ2v) is 8.58. The van der Waals surface area contributed by atoms with Gasteiger partial charge in [-0.25, -0.2) is 8.42 Å². The van der Waals surface area contributed by atoms with Crippen molar-refractivity contribution in [1.29, 1.82) is 5.41 Å². The molecule has 1 unspecified atom stereocenters. The quantitative estimate of drug-likeness (QED) is 0.628. The molecule has 1 aliphatic carbocycles. The number of methoxy groups -OCH3 is 1. The normalized spacial score (nSPS) is 17.1. The molecule has 1 aromatic heterocycles. The molecule has 2 rings (SSSR count). The summed E-state index contributed by atoms with van der Waals surface area (Å²) in [4.78, 5) is 18.0. The lowest BCUT2D eigenvalue weighted by Crippen LogP contribution is -2.33. The third kappa shape index (κ3) is 5.20. The van der Waals surface area contributed by atoms with Crippen LogP contribution in [0.3, 0.4) is 0 Å². The van der Waals surface area contributed by atoms with Crippen molar-refractivity contribution in [3.05, 3.63) is 64.1 Å². The molecule has 1 heterocycles. The molecule has 29 heavy (non-hydrogen) atoms. The van der Waals surface area contributed by atoms with Crippen LogP contribution in [0, 0.1) is 5.41 Å². The number of hydrogen-bond acceptors (Lipinski definition) is 8. The summed E-state index contributed by atoms with van der Waals surface area (Å²) in [6.07, 6.45) is 9.85. The molecular formula is C20H24N4O4S. The topological polar surface area (TPSA) is 112 Å². The lowest BCUT2D eigenvalue weighted by molar-refractivity contribution is -0.140. The number of likely N-dealkylation sites (N-methyl/N-ethyl adjacent to an activating group) is 1. The number of hydrogen-bond donors (Lipinski definition) is 2. The van der Waals surface area contributed by atoms with Crippen molar-refractivity contribution < 1.29 is 17.9 Å². The minimum absolute atomic E-state index is 0.0635. The van der Waals surface area contributed by atoms with E-state index in [0.29, 0.717) is 16.3 Å². The van der Waals surface area contributed by atoms with Gasteiger partial charge in [0, 0.05) is 49.2 Å². The summed E-state index contributed by atoms with van der Waals surface area (Å²) in [5.74, 6) is -0.892. The van der Waals surface area contributed by atoms with Gasteiger partial charge in [-0.1, -0.05) is 6.58 Å². The zero-order valence-electron chi connectivity index (χ0n) is 16.8. The Bertz CT molecular complexity index is 1130. The minimum atomic E-state index is -3.75. The molecule has 0 saturated heterocycles. The number of rotatable bonds is 6. The van der Waals surface area contributed by atoms with E-state index in [2.05, 4.69) is 21.6 Å². The zero-order chi connectivity index (χ0) is 21.8. The lowest BCUT2D eigenvalue weighted by atomic mass is 10.0. The van der Waals surface area contributed by atoms with Gasteiger partial charge in [0.25, 0.3) is 0 Å². The molecule has 8 nitrogen and oxygen atoms in total. The highest BCUT2D eigenvalue weighted by Gasteiger charge is 2.33. The van der Waals surface area contributed by atoms with Crippen LogP contribution >= 0.6 is 0 Å². The van der Waals surface area contributed by atoms with Gasteiger partial charge in [0.05, 0.1) is 23.9 Å². The van der Waals surface area contributed by atoms with Crippen molar-refractivity contribution in [2.75, 3.05) is 27.5 Å². The highest BCUT2D eigenvalue weighted by Crippen LogP contribution is 2.20. The first-order valence-electron chi connectivity index (χ1n) is 8.62. The SMILES string of the molecule is C=c1nc(C(C(=O)OC)S(C)(=O)=O)cc/c1=C/N(C)C1=C/C(=C/NC)C(=N)C=C1. The average molecular weight is 417 g/mol. The number of sulfone groups is 1. The van der Waals surface area contributed by atoms with Gasteiger partial charge in [-0.15, -0.1) is 0 Å². The Balaban J connectivity index is 2.43. The Morgan fingerprint density at radius 1 is 1.38 bits per heavy atom. The predicted molar refractivity (Wildman–Crippen MR) is 113 cm³/mol. The lowest BCUT2D eigenvalue weighted by Gasteiger charge is -2.19. The van der Waals surface area contributed by atoms with Crippen molar-refractivity contribution in [3.63, 3.8) is 0 Å². The van der Waals surface area contributed by atoms with E-state index in [4.69, 9.17) is 5.41 Å². The van der Waals surface area contributed by atoms with E-state index in [1.807, 2.05) is 24.1 Å². The maximum absolute atomic E-state index is 12.0. The molecule has 0 saturated carbocycles. The summed E-state index contributed by atoms with van der Waals surface area (Å²) in [5.41, 5.74) is 2.04. The summed E-state index contributed by atoms with van der Waals surface area (Å²) in [5, 5.41) is 10.3. The largest absolute Gasteiger partial charge is 0.468 e. The molecule has 0 aliphatic heterocycles. The molecule has 9 heteroatoms. The Morgan fingerprint density at radius 2 is 2.07 bits per heavy atom. The van der Waals surface area contributed by atoms with Gasteiger partial charge in [-0.2, -0.15) is 0 Å². The molecule has 0 radical (unpaired) electrons. The molecule has 0 bridgehead atoms. The first-order valence-corrected chi connectivity index (χ1v) is 10.6. The van der Waals surface area contributed by atoms with Crippen molar-refractivity contribution in [3.8, 4) is 0 Å². The number of pyridine rings is 1. The summed E-state index contributed by atoms with van der Waals surface area (Å²) in [6.45, 7) is 3.88. The van der Waals surface area contributed by atoms with E-state index in [9.17, 15) is 13.2 Å². The van der Waals surface area contributed by atoms with E-state index in [0.717, 1.165) is 24.6 Å². The number of ether oxygens (including phenoxy) is 1. The van der Waals surface area contributed by atoms with Crippen LogP contribution < -0.4 is 15.9 Å². The molecule has 0 amide bonds. The maximum Gasteiger partial charge on any atom is 0.330 e. The molecule has 2 N–H and O–H groups in total. The smallest absolute Gasteiger partial charge is 0.330 e. The van der Waals surface area contributed by atoms with Crippen molar-refractivity contribution in [2.45, 2.75) is 5.25 Å². The summed E-state index contributed by atoms with van der Waals surface area (Å²) in [7, 11) is 0.980. The van der Waals surface area contributed by atoms with Gasteiger partial charge in [-0.3, -0.25) is 9.78 Å². The fourth-order valence-electron chi connectivity index (χ4n) is 2.74. The molecular weight excluding hydrogens is 392 g/mol. The Labute approximate surface area is 170 Å². The van der Waals surface area contributed by atoms with E-state index >= 15 is 0 Å². The Hall–Kier alpha value is -3.20. The Morgan fingerprint density at radius 3 is 2.62 bits per heavy atom. The number of nitrogens with zero attached hydrogens (tertiary/aromatic N) is 2. The van der Waals surface area contributed by atoms with Crippen LogP contribution in [0.1, 0.15) is 10.9 Å². The summed E-state index contributed by atoms with van der Waals surface area (Å²) in [6, 6.07) is 3.13. The summed E-state index contributed by atoms with van der Waals surface area (Å²) < 4.78 is 28.6. The van der Waals surface area contributed by atoms with Crippen LogP contribution in [0.15, 0.2) is 47.8 Å². The van der Waals surface area contributed by atoms with E-state index in [1.165, 1.54) is 6.07 Å². The second kappa shape index (κ2) is 8.87.